The van der Waals surface area contributed by atoms with Crippen molar-refractivity contribution in [2.75, 3.05) is 0 Å². The van der Waals surface area contributed by atoms with Crippen LogP contribution in [-0.4, -0.2) is 25.6 Å². The molecule has 2 aromatic rings. The molecule has 2 N–H and O–H groups in total. The number of aromatic hydroxyl groups is 1. The summed E-state index contributed by atoms with van der Waals surface area (Å²) >= 11 is 0. The lowest BCUT2D eigenvalue weighted by Crippen LogP contribution is -1.97. The van der Waals surface area contributed by atoms with E-state index in [1.807, 2.05) is 0 Å². The van der Waals surface area contributed by atoms with Crippen molar-refractivity contribution in [1.82, 2.24) is 9.38 Å². The van der Waals surface area contributed by atoms with E-state index in [9.17, 15) is 9.90 Å². The van der Waals surface area contributed by atoms with Crippen LogP contribution in [-0.2, 0) is 11.2 Å². The van der Waals surface area contributed by atoms with Crippen LogP contribution >= 0.6 is 0 Å². The molecule has 0 aliphatic rings. The Morgan fingerprint density at radius 2 is 2.20 bits per heavy atom. The average Bonchev–Trinajstić information content (AvgIpc) is 2.56. The molecule has 78 valence electrons. The van der Waals surface area contributed by atoms with Crippen molar-refractivity contribution in [1.29, 1.82) is 0 Å². The van der Waals surface area contributed by atoms with Crippen molar-refractivity contribution in [2.45, 2.75) is 12.8 Å². The maximum absolute atomic E-state index is 10.4. The topological polar surface area (TPSA) is 74.8 Å². The van der Waals surface area contributed by atoms with Crippen molar-refractivity contribution in [2.24, 2.45) is 0 Å². The van der Waals surface area contributed by atoms with Gasteiger partial charge >= 0.3 is 5.97 Å². The van der Waals surface area contributed by atoms with E-state index >= 15 is 0 Å². The van der Waals surface area contributed by atoms with Crippen molar-refractivity contribution in [3.63, 3.8) is 0 Å². The van der Waals surface area contributed by atoms with Crippen LogP contribution in [0.5, 0.6) is 5.75 Å². The van der Waals surface area contributed by atoms with Crippen molar-refractivity contribution in [3.05, 3.63) is 30.2 Å². The van der Waals surface area contributed by atoms with E-state index in [0.717, 1.165) is 0 Å². The second-order valence-electron chi connectivity index (χ2n) is 3.28. The van der Waals surface area contributed by atoms with Gasteiger partial charge in [0.1, 0.15) is 11.4 Å². The number of hydrogen-bond acceptors (Lipinski definition) is 3. The summed E-state index contributed by atoms with van der Waals surface area (Å²) in [6.07, 6.45) is 3.72. The number of fused-ring (bicyclic) bond motifs is 1. The molecule has 0 aliphatic heterocycles. The molecule has 2 aromatic heterocycles. The monoisotopic (exact) mass is 206 g/mol. The number of carbonyl (C=O) groups is 1. The molecule has 0 spiro atoms. The molecular weight excluding hydrogens is 196 g/mol. The predicted octanol–water partition coefficient (Wildman–Crippen LogP) is 1.06. The molecule has 0 saturated carbocycles. The minimum Gasteiger partial charge on any atom is -0.506 e. The van der Waals surface area contributed by atoms with E-state index in [-0.39, 0.29) is 12.2 Å². The number of carboxylic acids is 1. The Morgan fingerprint density at radius 1 is 1.40 bits per heavy atom. The van der Waals surface area contributed by atoms with Crippen molar-refractivity contribution >= 4 is 11.6 Å². The third-order valence-corrected chi connectivity index (χ3v) is 2.08. The summed E-state index contributed by atoms with van der Waals surface area (Å²) in [6, 6.07) is 3.23. The van der Waals surface area contributed by atoms with Gasteiger partial charge in [0.05, 0.1) is 18.3 Å². The summed E-state index contributed by atoms with van der Waals surface area (Å²) in [5.74, 6) is -0.681. The zero-order chi connectivity index (χ0) is 10.8. The lowest BCUT2D eigenvalue weighted by atomic mass is 10.2. The van der Waals surface area contributed by atoms with Crippen LogP contribution in [0.4, 0.5) is 0 Å². The van der Waals surface area contributed by atoms with Gasteiger partial charge in [0.2, 0.25) is 0 Å². The van der Waals surface area contributed by atoms with E-state index in [1.54, 1.807) is 22.7 Å². The van der Waals surface area contributed by atoms with Gasteiger partial charge < -0.3 is 14.6 Å². The van der Waals surface area contributed by atoms with Crippen LogP contribution in [0.3, 0.4) is 0 Å². The third kappa shape index (κ3) is 2.07. The number of carboxylic acid groups (broad SMARTS) is 1. The van der Waals surface area contributed by atoms with Gasteiger partial charge in [0, 0.05) is 12.6 Å². The highest BCUT2D eigenvalue weighted by Gasteiger charge is 2.04. The summed E-state index contributed by atoms with van der Waals surface area (Å²) in [4.78, 5) is 14.6. The summed E-state index contributed by atoms with van der Waals surface area (Å²) in [5.41, 5.74) is 1.41. The number of aromatic nitrogens is 2. The van der Waals surface area contributed by atoms with Gasteiger partial charge in [-0.05, 0) is 12.1 Å². The standard InChI is InChI=1S/C10H10N2O3/c13-8-2-3-9-11-7(1-4-10(14)15)5-12(9)6-8/h2-3,5-6,13H,1,4H2,(H,14,15). The van der Waals surface area contributed by atoms with E-state index in [2.05, 4.69) is 4.98 Å². The SMILES string of the molecule is O=C(O)CCc1cn2cc(O)ccc2n1. The molecule has 5 nitrogen and oxygen atoms in total. The molecule has 0 fully saturated rings. The Kier molecular flexibility index (Phi) is 2.29. The fourth-order valence-electron chi connectivity index (χ4n) is 1.39. The number of aryl methyl sites for hydroxylation is 1. The summed E-state index contributed by atoms with van der Waals surface area (Å²) < 4.78 is 1.67. The zero-order valence-corrected chi connectivity index (χ0v) is 7.92. The largest absolute Gasteiger partial charge is 0.506 e. The number of nitrogens with zero attached hydrogens (tertiary/aromatic N) is 2. The second kappa shape index (κ2) is 3.61. The first-order valence-electron chi connectivity index (χ1n) is 4.53. The molecular formula is C10H10N2O3. The molecule has 0 saturated heterocycles. The normalized spacial score (nSPS) is 10.7. The number of imidazole rings is 1. The van der Waals surface area contributed by atoms with Gasteiger partial charge in [0.25, 0.3) is 0 Å². The summed E-state index contributed by atoms with van der Waals surface area (Å²) in [7, 11) is 0. The maximum Gasteiger partial charge on any atom is 0.303 e. The molecule has 0 aromatic carbocycles. The van der Waals surface area contributed by atoms with Gasteiger partial charge in [-0.2, -0.15) is 0 Å². The fraction of sp³-hybridized carbons (Fsp3) is 0.200. The molecule has 0 aliphatic carbocycles. The van der Waals surface area contributed by atoms with Crippen LogP contribution in [0.25, 0.3) is 5.65 Å². The first-order chi connectivity index (χ1) is 7.15. The Labute approximate surface area is 85.6 Å². The molecule has 0 bridgehead atoms. The smallest absolute Gasteiger partial charge is 0.303 e. The molecule has 0 radical (unpaired) electrons. The highest BCUT2D eigenvalue weighted by molar-refractivity contribution is 5.67. The van der Waals surface area contributed by atoms with Gasteiger partial charge in [-0.1, -0.05) is 0 Å². The quantitative estimate of drug-likeness (QED) is 0.787. The number of hydrogen-bond donors (Lipinski definition) is 2. The van der Waals surface area contributed by atoms with Crippen LogP contribution in [0, 0.1) is 0 Å². The average molecular weight is 206 g/mol. The highest BCUT2D eigenvalue weighted by Crippen LogP contribution is 2.12. The first-order valence-corrected chi connectivity index (χ1v) is 4.53. The molecule has 0 atom stereocenters. The number of rotatable bonds is 3. The Morgan fingerprint density at radius 3 is 2.93 bits per heavy atom. The van der Waals surface area contributed by atoms with Crippen molar-refractivity contribution in [3.8, 4) is 5.75 Å². The van der Waals surface area contributed by atoms with Gasteiger partial charge in [-0.3, -0.25) is 4.79 Å². The van der Waals surface area contributed by atoms with Crippen LogP contribution in [0.15, 0.2) is 24.5 Å². The van der Waals surface area contributed by atoms with Gasteiger partial charge in [-0.25, -0.2) is 4.98 Å². The minimum absolute atomic E-state index is 0.0653. The van der Waals surface area contributed by atoms with Gasteiger partial charge in [-0.15, -0.1) is 0 Å². The second-order valence-corrected chi connectivity index (χ2v) is 3.28. The minimum atomic E-state index is -0.838. The van der Waals surface area contributed by atoms with Crippen LogP contribution in [0.1, 0.15) is 12.1 Å². The molecule has 5 heteroatoms. The third-order valence-electron chi connectivity index (χ3n) is 2.08. The molecule has 0 amide bonds. The number of pyridine rings is 1. The summed E-state index contributed by atoms with van der Waals surface area (Å²) in [5, 5.41) is 17.7. The molecule has 2 heterocycles. The molecule has 15 heavy (non-hydrogen) atoms. The fourth-order valence-corrected chi connectivity index (χ4v) is 1.39. The summed E-state index contributed by atoms with van der Waals surface area (Å²) in [6.45, 7) is 0. The van der Waals surface area contributed by atoms with E-state index < -0.39 is 5.97 Å². The lowest BCUT2D eigenvalue weighted by Gasteiger charge is -1.92. The van der Waals surface area contributed by atoms with Crippen molar-refractivity contribution < 1.29 is 15.0 Å². The van der Waals surface area contributed by atoms with Gasteiger partial charge in [0.15, 0.2) is 0 Å². The Balaban J connectivity index is 2.27. The number of aliphatic carboxylic acids is 1. The maximum atomic E-state index is 10.4. The van der Waals surface area contributed by atoms with E-state index in [0.29, 0.717) is 17.8 Å². The molecule has 2 rings (SSSR count). The van der Waals surface area contributed by atoms with Crippen LogP contribution < -0.4 is 0 Å². The van der Waals surface area contributed by atoms with Crippen LogP contribution in [0.2, 0.25) is 0 Å². The van der Waals surface area contributed by atoms with E-state index in [1.165, 1.54) is 6.20 Å². The zero-order valence-electron chi connectivity index (χ0n) is 7.92. The predicted molar refractivity (Wildman–Crippen MR) is 52.8 cm³/mol. The lowest BCUT2D eigenvalue weighted by molar-refractivity contribution is -0.136. The Bertz CT molecular complexity index is 504. The molecule has 0 unspecified atom stereocenters. The first kappa shape index (κ1) is 9.51. The Hall–Kier alpha value is -2.04. The van der Waals surface area contributed by atoms with E-state index in [4.69, 9.17) is 5.11 Å². The highest BCUT2D eigenvalue weighted by atomic mass is 16.4.